The number of nitrogens with two attached hydrogens (primary N) is 1. The van der Waals surface area contributed by atoms with E-state index < -0.39 is 0 Å². The van der Waals surface area contributed by atoms with Gasteiger partial charge in [0.05, 0.1) is 6.61 Å². The van der Waals surface area contributed by atoms with E-state index in [1.807, 2.05) is 19.1 Å². The molecule has 0 saturated heterocycles. The van der Waals surface area contributed by atoms with E-state index in [4.69, 9.17) is 10.8 Å². The quantitative estimate of drug-likeness (QED) is 0.700. The number of aliphatic hydroxyl groups excluding tert-OH is 1. The molecule has 1 aromatic rings. The zero-order chi connectivity index (χ0) is 12.7. The molecule has 4 N–H and O–H groups in total. The maximum Gasteiger partial charge on any atom is 0.224 e. The van der Waals surface area contributed by atoms with Crippen LogP contribution in [0, 0.1) is 5.92 Å². The third-order valence-corrected chi connectivity index (χ3v) is 2.85. The normalized spacial score (nSPS) is 12.2. The number of hydrogen-bond acceptors (Lipinski definition) is 3. The standard InChI is InChI=1S/C13H20N2O2/c1-2-10(8-14)7-13(17)15-12-6-4-3-5-11(12)9-16/h3-6,10,16H,2,7-9,14H2,1H3,(H,15,17). The predicted octanol–water partition coefficient (Wildman–Crippen LogP) is 1.49. The molecule has 1 amide bonds. The lowest BCUT2D eigenvalue weighted by molar-refractivity contribution is -0.117. The minimum Gasteiger partial charge on any atom is -0.392 e. The van der Waals surface area contributed by atoms with E-state index in [9.17, 15) is 4.79 Å². The Morgan fingerprint density at radius 1 is 1.47 bits per heavy atom. The lowest BCUT2D eigenvalue weighted by atomic mass is 10.0. The maximum absolute atomic E-state index is 11.8. The van der Waals surface area contributed by atoms with Crippen molar-refractivity contribution in [2.45, 2.75) is 26.4 Å². The second-order valence-corrected chi connectivity index (χ2v) is 4.08. The summed E-state index contributed by atoms with van der Waals surface area (Å²) in [6, 6.07) is 7.23. The Morgan fingerprint density at radius 3 is 2.76 bits per heavy atom. The van der Waals surface area contributed by atoms with E-state index in [2.05, 4.69) is 5.32 Å². The van der Waals surface area contributed by atoms with Crippen LogP contribution in [0.4, 0.5) is 5.69 Å². The van der Waals surface area contributed by atoms with Crippen molar-refractivity contribution in [1.29, 1.82) is 0 Å². The number of para-hydroxylation sites is 1. The molecule has 1 unspecified atom stereocenters. The van der Waals surface area contributed by atoms with Crippen molar-refractivity contribution >= 4 is 11.6 Å². The number of carbonyl (C=O) groups excluding carboxylic acids is 1. The minimum atomic E-state index is -0.0788. The Bertz CT molecular complexity index is 362. The number of amides is 1. The molecule has 1 rings (SSSR count). The number of benzene rings is 1. The van der Waals surface area contributed by atoms with Crippen molar-refractivity contribution in [3.63, 3.8) is 0 Å². The third kappa shape index (κ3) is 4.17. The van der Waals surface area contributed by atoms with Crippen LogP contribution in [-0.2, 0) is 11.4 Å². The fourth-order valence-corrected chi connectivity index (χ4v) is 1.64. The van der Waals surface area contributed by atoms with Crippen molar-refractivity contribution in [2.24, 2.45) is 11.7 Å². The Morgan fingerprint density at radius 2 is 2.18 bits per heavy atom. The molecule has 1 aromatic carbocycles. The van der Waals surface area contributed by atoms with Crippen LogP contribution in [0.2, 0.25) is 0 Å². The van der Waals surface area contributed by atoms with Crippen molar-refractivity contribution < 1.29 is 9.90 Å². The van der Waals surface area contributed by atoms with Crippen LogP contribution in [0.15, 0.2) is 24.3 Å². The van der Waals surface area contributed by atoms with Gasteiger partial charge in [-0.1, -0.05) is 31.5 Å². The van der Waals surface area contributed by atoms with Crippen LogP contribution < -0.4 is 11.1 Å². The first-order valence-corrected chi connectivity index (χ1v) is 5.89. The molecule has 0 spiro atoms. The summed E-state index contributed by atoms with van der Waals surface area (Å²) in [6.45, 7) is 2.46. The van der Waals surface area contributed by atoms with Gasteiger partial charge in [-0.3, -0.25) is 4.79 Å². The largest absolute Gasteiger partial charge is 0.392 e. The van der Waals surface area contributed by atoms with Gasteiger partial charge in [-0.25, -0.2) is 0 Å². The minimum absolute atomic E-state index is 0.0526. The van der Waals surface area contributed by atoms with Crippen molar-refractivity contribution in [3.8, 4) is 0 Å². The predicted molar refractivity (Wildman–Crippen MR) is 68.4 cm³/mol. The number of carbonyl (C=O) groups is 1. The summed E-state index contributed by atoms with van der Waals surface area (Å²) in [6.07, 6.45) is 1.32. The molecule has 0 aliphatic carbocycles. The lowest BCUT2D eigenvalue weighted by Crippen LogP contribution is -2.22. The van der Waals surface area contributed by atoms with E-state index in [1.165, 1.54) is 0 Å². The van der Waals surface area contributed by atoms with Gasteiger partial charge in [-0.05, 0) is 18.5 Å². The maximum atomic E-state index is 11.8. The molecule has 0 saturated carbocycles. The zero-order valence-electron chi connectivity index (χ0n) is 10.1. The van der Waals surface area contributed by atoms with Crippen molar-refractivity contribution in [3.05, 3.63) is 29.8 Å². The highest BCUT2D eigenvalue weighted by Gasteiger charge is 2.11. The number of anilines is 1. The molecule has 4 heteroatoms. The van der Waals surface area contributed by atoms with Crippen LogP contribution in [0.3, 0.4) is 0 Å². The van der Waals surface area contributed by atoms with Gasteiger partial charge < -0.3 is 16.2 Å². The number of hydrogen-bond donors (Lipinski definition) is 3. The van der Waals surface area contributed by atoms with Gasteiger partial charge >= 0.3 is 0 Å². The van der Waals surface area contributed by atoms with E-state index in [0.29, 0.717) is 18.7 Å². The van der Waals surface area contributed by atoms with Crippen LogP contribution in [-0.4, -0.2) is 17.6 Å². The highest BCUT2D eigenvalue weighted by molar-refractivity contribution is 5.91. The third-order valence-electron chi connectivity index (χ3n) is 2.85. The van der Waals surface area contributed by atoms with E-state index in [-0.39, 0.29) is 18.4 Å². The first kappa shape index (κ1) is 13.7. The van der Waals surface area contributed by atoms with Crippen LogP contribution >= 0.6 is 0 Å². The summed E-state index contributed by atoms with van der Waals surface area (Å²) in [5, 5.41) is 11.9. The van der Waals surface area contributed by atoms with Crippen molar-refractivity contribution in [1.82, 2.24) is 0 Å². The molecule has 1 atom stereocenters. The summed E-state index contributed by atoms with van der Waals surface area (Å²) < 4.78 is 0. The highest BCUT2D eigenvalue weighted by atomic mass is 16.3. The fourth-order valence-electron chi connectivity index (χ4n) is 1.64. The molecule has 17 heavy (non-hydrogen) atoms. The van der Waals surface area contributed by atoms with Crippen LogP contribution in [0.25, 0.3) is 0 Å². The summed E-state index contributed by atoms with van der Waals surface area (Å²) in [5.41, 5.74) is 6.96. The second-order valence-electron chi connectivity index (χ2n) is 4.08. The van der Waals surface area contributed by atoms with Crippen LogP contribution in [0.5, 0.6) is 0 Å². The first-order valence-electron chi connectivity index (χ1n) is 5.89. The number of aliphatic hydroxyl groups is 1. The highest BCUT2D eigenvalue weighted by Crippen LogP contribution is 2.16. The molecule has 0 aliphatic heterocycles. The molecular formula is C13H20N2O2. The fraction of sp³-hybridized carbons (Fsp3) is 0.462. The summed E-state index contributed by atoms with van der Waals surface area (Å²) in [4.78, 5) is 11.8. The molecular weight excluding hydrogens is 216 g/mol. The number of rotatable bonds is 6. The Kier molecular flexibility index (Phi) is 5.66. The monoisotopic (exact) mass is 236 g/mol. The molecule has 0 bridgehead atoms. The van der Waals surface area contributed by atoms with Gasteiger partial charge in [-0.2, -0.15) is 0 Å². The van der Waals surface area contributed by atoms with Gasteiger partial charge in [0.1, 0.15) is 0 Å². The van der Waals surface area contributed by atoms with E-state index in [0.717, 1.165) is 12.0 Å². The molecule has 0 radical (unpaired) electrons. The topological polar surface area (TPSA) is 75.4 Å². The average Bonchev–Trinajstić information content (AvgIpc) is 2.36. The first-order chi connectivity index (χ1) is 8.21. The number of nitrogens with one attached hydrogen (secondary N) is 1. The molecule has 0 heterocycles. The molecule has 0 aromatic heterocycles. The molecule has 94 valence electrons. The van der Waals surface area contributed by atoms with Crippen LogP contribution in [0.1, 0.15) is 25.3 Å². The molecule has 0 fully saturated rings. The zero-order valence-corrected chi connectivity index (χ0v) is 10.1. The van der Waals surface area contributed by atoms with Gasteiger partial charge in [0.15, 0.2) is 0 Å². The van der Waals surface area contributed by atoms with E-state index >= 15 is 0 Å². The second kappa shape index (κ2) is 7.04. The Labute approximate surface area is 102 Å². The Hall–Kier alpha value is -1.39. The lowest BCUT2D eigenvalue weighted by Gasteiger charge is -2.13. The molecule has 0 aliphatic rings. The van der Waals surface area contributed by atoms with Gasteiger partial charge in [0.25, 0.3) is 0 Å². The smallest absolute Gasteiger partial charge is 0.224 e. The summed E-state index contributed by atoms with van der Waals surface area (Å²) in [7, 11) is 0. The molecule has 4 nitrogen and oxygen atoms in total. The van der Waals surface area contributed by atoms with Gasteiger partial charge in [0.2, 0.25) is 5.91 Å². The summed E-state index contributed by atoms with van der Waals surface area (Å²) >= 11 is 0. The summed E-state index contributed by atoms with van der Waals surface area (Å²) in [5.74, 6) is 0.166. The van der Waals surface area contributed by atoms with Gasteiger partial charge in [-0.15, -0.1) is 0 Å². The van der Waals surface area contributed by atoms with E-state index in [1.54, 1.807) is 12.1 Å². The SMILES string of the molecule is CCC(CN)CC(=O)Nc1ccccc1CO. The average molecular weight is 236 g/mol. The Balaban J connectivity index is 2.61. The van der Waals surface area contributed by atoms with Crippen molar-refractivity contribution in [2.75, 3.05) is 11.9 Å². The van der Waals surface area contributed by atoms with Gasteiger partial charge in [0, 0.05) is 17.7 Å².